The van der Waals surface area contributed by atoms with Gasteiger partial charge in [-0.05, 0) is 0 Å². The third-order valence-corrected chi connectivity index (χ3v) is 1.60. The van der Waals surface area contributed by atoms with E-state index in [1.54, 1.807) is 0 Å². The number of phenolic OH excluding ortho intramolecular Hbond substituents is 3. The Bertz CT molecular complexity index is 321. The van der Waals surface area contributed by atoms with Gasteiger partial charge >= 0.3 is 0 Å². The first-order valence-electron chi connectivity index (χ1n) is 3.47. The van der Waals surface area contributed by atoms with Crippen LogP contribution in [0.4, 0.5) is 0 Å². The fraction of sp³-hybridized carbons (Fsp3) is 0.250. The van der Waals surface area contributed by atoms with Gasteiger partial charge in [0, 0.05) is 6.07 Å². The second-order valence-corrected chi connectivity index (χ2v) is 2.33. The first-order chi connectivity index (χ1) is 6.11. The van der Waals surface area contributed by atoms with Crippen LogP contribution in [0.15, 0.2) is 6.07 Å². The molecule has 5 nitrogen and oxygen atoms in total. The molecule has 0 saturated heterocycles. The van der Waals surface area contributed by atoms with Crippen molar-refractivity contribution in [2.24, 2.45) is 0 Å². The third-order valence-electron chi connectivity index (χ3n) is 1.60. The van der Waals surface area contributed by atoms with E-state index in [0.29, 0.717) is 0 Å². The van der Waals surface area contributed by atoms with Gasteiger partial charge in [-0.2, -0.15) is 0 Å². The van der Waals surface area contributed by atoms with E-state index in [0.717, 1.165) is 6.07 Å². The summed E-state index contributed by atoms with van der Waals surface area (Å²) in [5.74, 6) is -1.50. The lowest BCUT2D eigenvalue weighted by Gasteiger charge is -2.10. The minimum Gasteiger partial charge on any atom is -0.504 e. The molecule has 0 aliphatic rings. The summed E-state index contributed by atoms with van der Waals surface area (Å²) in [4.78, 5) is 0. The van der Waals surface area contributed by atoms with Crippen LogP contribution in [0.5, 0.6) is 28.7 Å². The number of phenols is 3. The molecule has 1 rings (SSSR count). The number of aromatic hydroxyl groups is 3. The predicted molar refractivity (Wildman–Crippen MR) is 44.5 cm³/mol. The Balaban J connectivity index is 3.37. The van der Waals surface area contributed by atoms with Gasteiger partial charge in [-0.1, -0.05) is 0 Å². The average molecular weight is 186 g/mol. The van der Waals surface area contributed by atoms with E-state index in [4.69, 9.17) is 0 Å². The monoisotopic (exact) mass is 186 g/mol. The molecule has 0 spiro atoms. The molecular weight excluding hydrogens is 176 g/mol. The Labute approximate surface area is 74.8 Å². The molecule has 0 aromatic heterocycles. The first-order valence-corrected chi connectivity index (χ1v) is 3.47. The molecule has 0 aliphatic heterocycles. The van der Waals surface area contributed by atoms with Crippen LogP contribution in [0.25, 0.3) is 0 Å². The summed E-state index contributed by atoms with van der Waals surface area (Å²) in [5.41, 5.74) is 0. The Morgan fingerprint density at radius 1 is 1.00 bits per heavy atom. The van der Waals surface area contributed by atoms with Crippen LogP contribution in [0.2, 0.25) is 0 Å². The quantitative estimate of drug-likeness (QED) is 0.470. The molecule has 0 saturated carbocycles. The molecule has 13 heavy (non-hydrogen) atoms. The maximum absolute atomic E-state index is 9.28. The van der Waals surface area contributed by atoms with Crippen LogP contribution in [0.1, 0.15) is 0 Å². The van der Waals surface area contributed by atoms with E-state index >= 15 is 0 Å². The summed E-state index contributed by atoms with van der Waals surface area (Å²) in [6.45, 7) is 0. The molecule has 0 heterocycles. The molecule has 3 N–H and O–H groups in total. The van der Waals surface area contributed by atoms with Crippen LogP contribution in [-0.2, 0) is 0 Å². The minimum atomic E-state index is -0.542. The highest BCUT2D eigenvalue weighted by atomic mass is 16.5. The van der Waals surface area contributed by atoms with E-state index in [1.807, 2.05) is 0 Å². The van der Waals surface area contributed by atoms with Crippen LogP contribution < -0.4 is 9.47 Å². The number of hydrogen-bond acceptors (Lipinski definition) is 5. The van der Waals surface area contributed by atoms with Crippen molar-refractivity contribution in [2.45, 2.75) is 0 Å². The van der Waals surface area contributed by atoms with Crippen molar-refractivity contribution in [3.8, 4) is 28.7 Å². The zero-order valence-electron chi connectivity index (χ0n) is 7.24. The predicted octanol–water partition coefficient (Wildman–Crippen LogP) is 0.821. The number of methoxy groups -OCH3 is 2. The number of hydrogen-bond donors (Lipinski definition) is 3. The van der Waals surface area contributed by atoms with Gasteiger partial charge in [0.15, 0.2) is 11.5 Å². The zero-order chi connectivity index (χ0) is 10.0. The van der Waals surface area contributed by atoms with Crippen molar-refractivity contribution in [2.75, 3.05) is 14.2 Å². The van der Waals surface area contributed by atoms with Gasteiger partial charge in [0.2, 0.25) is 17.2 Å². The summed E-state index contributed by atoms with van der Waals surface area (Å²) < 4.78 is 9.32. The fourth-order valence-electron chi connectivity index (χ4n) is 0.960. The topological polar surface area (TPSA) is 79.2 Å². The van der Waals surface area contributed by atoms with Gasteiger partial charge in [-0.25, -0.2) is 0 Å². The maximum atomic E-state index is 9.28. The Kier molecular flexibility index (Phi) is 2.36. The summed E-state index contributed by atoms with van der Waals surface area (Å²) in [5, 5.41) is 27.8. The van der Waals surface area contributed by atoms with Crippen LogP contribution in [0.3, 0.4) is 0 Å². The van der Waals surface area contributed by atoms with Crippen molar-refractivity contribution in [1.29, 1.82) is 0 Å². The van der Waals surface area contributed by atoms with E-state index in [1.165, 1.54) is 14.2 Å². The van der Waals surface area contributed by atoms with E-state index < -0.39 is 11.5 Å². The highest BCUT2D eigenvalue weighted by molar-refractivity contribution is 5.63. The fourth-order valence-corrected chi connectivity index (χ4v) is 0.960. The summed E-state index contributed by atoms with van der Waals surface area (Å²) in [7, 11) is 2.57. The summed E-state index contributed by atoms with van der Waals surface area (Å²) in [6.07, 6.45) is 0. The summed E-state index contributed by atoms with van der Waals surface area (Å²) >= 11 is 0. The molecule has 0 radical (unpaired) electrons. The lowest BCUT2D eigenvalue weighted by atomic mass is 10.2. The molecule has 0 bridgehead atoms. The highest BCUT2D eigenvalue weighted by Crippen LogP contribution is 2.47. The number of rotatable bonds is 2. The lowest BCUT2D eigenvalue weighted by Crippen LogP contribution is -1.88. The third kappa shape index (κ3) is 1.40. The van der Waals surface area contributed by atoms with Crippen LogP contribution in [0, 0.1) is 0 Å². The zero-order valence-corrected chi connectivity index (χ0v) is 7.24. The lowest BCUT2D eigenvalue weighted by molar-refractivity contribution is 0.311. The van der Waals surface area contributed by atoms with Gasteiger partial charge in [0.05, 0.1) is 14.2 Å². The van der Waals surface area contributed by atoms with Crippen molar-refractivity contribution in [3.05, 3.63) is 6.07 Å². The molecule has 5 heteroatoms. The smallest absolute Gasteiger partial charge is 0.208 e. The largest absolute Gasteiger partial charge is 0.504 e. The molecule has 0 unspecified atom stereocenters. The van der Waals surface area contributed by atoms with Crippen molar-refractivity contribution >= 4 is 0 Å². The highest BCUT2D eigenvalue weighted by Gasteiger charge is 2.17. The van der Waals surface area contributed by atoms with Crippen molar-refractivity contribution in [3.63, 3.8) is 0 Å². The Morgan fingerprint density at radius 3 is 2.08 bits per heavy atom. The van der Waals surface area contributed by atoms with Gasteiger partial charge in [0.25, 0.3) is 0 Å². The van der Waals surface area contributed by atoms with Gasteiger partial charge in [0.1, 0.15) is 0 Å². The Hall–Kier alpha value is -1.78. The molecule has 1 aromatic carbocycles. The van der Waals surface area contributed by atoms with Crippen molar-refractivity contribution < 1.29 is 24.8 Å². The van der Waals surface area contributed by atoms with Crippen molar-refractivity contribution in [1.82, 2.24) is 0 Å². The second kappa shape index (κ2) is 3.30. The maximum Gasteiger partial charge on any atom is 0.208 e. The van der Waals surface area contributed by atoms with Gasteiger partial charge in [-0.3, -0.25) is 0 Å². The molecule has 0 aliphatic carbocycles. The van der Waals surface area contributed by atoms with Gasteiger partial charge in [-0.15, -0.1) is 0 Å². The van der Waals surface area contributed by atoms with E-state index in [9.17, 15) is 15.3 Å². The molecule has 0 fully saturated rings. The normalized spacial score (nSPS) is 9.69. The molecule has 0 amide bonds. The SMILES string of the molecule is COc1cc(O)c(OC)c(O)c1O. The van der Waals surface area contributed by atoms with E-state index in [2.05, 4.69) is 9.47 Å². The average Bonchev–Trinajstić information content (AvgIpc) is 2.12. The molecular formula is C8H10O5. The first kappa shape index (κ1) is 9.31. The van der Waals surface area contributed by atoms with Crippen LogP contribution in [-0.4, -0.2) is 29.5 Å². The molecule has 1 aromatic rings. The second-order valence-electron chi connectivity index (χ2n) is 2.33. The number of ether oxygens (including phenoxy) is 2. The van der Waals surface area contributed by atoms with Crippen LogP contribution >= 0.6 is 0 Å². The minimum absolute atomic E-state index is 0.0178. The molecule has 0 atom stereocenters. The standard InChI is InChI=1S/C8H10O5/c1-12-5-3-4(9)8(13-2)7(11)6(5)10/h3,9-11H,1-2H3. The molecule has 72 valence electrons. The van der Waals surface area contributed by atoms with E-state index in [-0.39, 0.29) is 17.2 Å². The number of benzene rings is 1. The Morgan fingerprint density at radius 2 is 1.62 bits per heavy atom. The van der Waals surface area contributed by atoms with Gasteiger partial charge < -0.3 is 24.8 Å². The summed E-state index contributed by atoms with van der Waals surface area (Å²) in [6, 6.07) is 1.15.